The maximum atomic E-state index is 12.8. The molecule has 22 heavy (non-hydrogen) atoms. The largest absolute Gasteiger partial charge is 0.497 e. The monoisotopic (exact) mass is 296 g/mol. The third kappa shape index (κ3) is 3.22. The van der Waals surface area contributed by atoms with Crippen molar-refractivity contribution >= 4 is 11.6 Å². The summed E-state index contributed by atoms with van der Waals surface area (Å²) in [6.45, 7) is 0.613. The molecule has 1 amide bonds. The van der Waals surface area contributed by atoms with E-state index in [1.165, 1.54) is 0 Å². The van der Waals surface area contributed by atoms with Crippen molar-refractivity contribution in [1.82, 2.24) is 4.90 Å². The van der Waals surface area contributed by atoms with E-state index in [9.17, 15) is 4.79 Å². The van der Waals surface area contributed by atoms with E-state index >= 15 is 0 Å². The molecule has 4 heteroatoms. The fourth-order valence-electron chi connectivity index (χ4n) is 2.52. The van der Waals surface area contributed by atoms with E-state index in [0.29, 0.717) is 23.8 Å². The van der Waals surface area contributed by atoms with E-state index < -0.39 is 0 Å². The van der Waals surface area contributed by atoms with E-state index in [1.54, 1.807) is 19.2 Å². The average Bonchev–Trinajstić information content (AvgIpc) is 3.37. The molecule has 4 nitrogen and oxygen atoms in total. The molecule has 2 N–H and O–H groups in total. The Hall–Kier alpha value is -2.49. The number of nitrogens with two attached hydrogens (primary N) is 1. The summed E-state index contributed by atoms with van der Waals surface area (Å²) in [7, 11) is 1.65. The lowest BCUT2D eigenvalue weighted by Crippen LogP contribution is -2.32. The smallest absolute Gasteiger partial charge is 0.254 e. The molecule has 2 aromatic carbocycles. The van der Waals surface area contributed by atoms with Crippen LogP contribution in [-0.4, -0.2) is 24.0 Å². The number of carbonyl (C=O) groups excluding carboxylic acids is 1. The topological polar surface area (TPSA) is 55.6 Å². The molecule has 0 aliphatic heterocycles. The van der Waals surface area contributed by atoms with Crippen molar-refractivity contribution in [3.05, 3.63) is 59.7 Å². The van der Waals surface area contributed by atoms with Gasteiger partial charge in [-0.05, 0) is 48.7 Å². The van der Waals surface area contributed by atoms with Crippen molar-refractivity contribution in [3.8, 4) is 5.75 Å². The van der Waals surface area contributed by atoms with Crippen LogP contribution in [0.25, 0.3) is 0 Å². The highest BCUT2D eigenvalue weighted by Gasteiger charge is 2.33. The zero-order valence-electron chi connectivity index (χ0n) is 12.7. The third-order valence-electron chi connectivity index (χ3n) is 3.89. The second-order valence-corrected chi connectivity index (χ2v) is 5.64. The molecule has 0 aromatic heterocycles. The predicted octanol–water partition coefficient (Wildman–Crippen LogP) is 3.08. The summed E-state index contributed by atoms with van der Waals surface area (Å²) in [4.78, 5) is 14.7. The van der Waals surface area contributed by atoms with E-state index in [-0.39, 0.29) is 5.91 Å². The first-order valence-corrected chi connectivity index (χ1v) is 7.47. The summed E-state index contributed by atoms with van der Waals surface area (Å²) in [5, 5.41) is 0. The van der Waals surface area contributed by atoms with Crippen LogP contribution in [-0.2, 0) is 6.54 Å². The number of hydrogen-bond donors (Lipinski definition) is 1. The molecule has 0 unspecified atom stereocenters. The van der Waals surface area contributed by atoms with Gasteiger partial charge in [0.15, 0.2) is 0 Å². The molecule has 1 aliphatic carbocycles. The maximum absolute atomic E-state index is 12.8. The zero-order chi connectivity index (χ0) is 15.5. The molecule has 1 aliphatic rings. The highest BCUT2D eigenvalue weighted by molar-refractivity contribution is 5.95. The quantitative estimate of drug-likeness (QED) is 0.863. The lowest BCUT2D eigenvalue weighted by molar-refractivity contribution is 0.0730. The van der Waals surface area contributed by atoms with E-state index in [0.717, 1.165) is 24.2 Å². The number of ether oxygens (including phenoxy) is 1. The van der Waals surface area contributed by atoms with Gasteiger partial charge in [-0.2, -0.15) is 0 Å². The second kappa shape index (κ2) is 6.10. The zero-order valence-corrected chi connectivity index (χ0v) is 12.7. The highest BCUT2D eigenvalue weighted by Crippen LogP contribution is 2.30. The summed E-state index contributed by atoms with van der Waals surface area (Å²) in [6.07, 6.45) is 2.15. The first-order chi connectivity index (χ1) is 10.7. The van der Waals surface area contributed by atoms with Crippen LogP contribution in [0.5, 0.6) is 5.75 Å². The van der Waals surface area contributed by atoms with Crippen molar-refractivity contribution < 1.29 is 9.53 Å². The van der Waals surface area contributed by atoms with Gasteiger partial charge in [0.05, 0.1) is 7.11 Å². The molecule has 2 aromatic rings. The van der Waals surface area contributed by atoms with Crippen LogP contribution in [0.2, 0.25) is 0 Å². The van der Waals surface area contributed by atoms with Crippen LogP contribution in [0, 0.1) is 0 Å². The van der Waals surface area contributed by atoms with Crippen LogP contribution in [0.4, 0.5) is 5.69 Å². The van der Waals surface area contributed by atoms with Gasteiger partial charge in [0.2, 0.25) is 0 Å². The Morgan fingerprint density at radius 2 is 1.95 bits per heavy atom. The first-order valence-electron chi connectivity index (χ1n) is 7.47. The number of methoxy groups -OCH3 is 1. The fourth-order valence-corrected chi connectivity index (χ4v) is 2.52. The molecule has 1 saturated carbocycles. The van der Waals surface area contributed by atoms with Gasteiger partial charge in [-0.25, -0.2) is 0 Å². The van der Waals surface area contributed by atoms with Crippen molar-refractivity contribution in [1.29, 1.82) is 0 Å². The Bertz CT molecular complexity index is 663. The van der Waals surface area contributed by atoms with E-state index in [1.807, 2.05) is 41.3 Å². The number of nitrogen functional groups attached to an aromatic ring is 1. The van der Waals surface area contributed by atoms with Crippen molar-refractivity contribution in [2.45, 2.75) is 25.4 Å². The summed E-state index contributed by atoms with van der Waals surface area (Å²) >= 11 is 0. The van der Waals surface area contributed by atoms with Crippen molar-refractivity contribution in [3.63, 3.8) is 0 Å². The van der Waals surface area contributed by atoms with Crippen LogP contribution in [0.15, 0.2) is 48.5 Å². The minimum atomic E-state index is 0.0469. The number of nitrogens with zero attached hydrogens (tertiary/aromatic N) is 1. The van der Waals surface area contributed by atoms with Gasteiger partial charge in [-0.3, -0.25) is 4.79 Å². The number of rotatable bonds is 5. The molecular formula is C18H20N2O2. The lowest BCUT2D eigenvalue weighted by Gasteiger charge is -2.23. The number of amides is 1. The Kier molecular flexibility index (Phi) is 4.00. The minimum absolute atomic E-state index is 0.0469. The summed E-state index contributed by atoms with van der Waals surface area (Å²) in [6, 6.07) is 15.4. The summed E-state index contributed by atoms with van der Waals surface area (Å²) in [5.74, 6) is 0.870. The molecule has 0 atom stereocenters. The first kappa shape index (κ1) is 14.4. The van der Waals surface area contributed by atoms with Gasteiger partial charge < -0.3 is 15.4 Å². The van der Waals surface area contributed by atoms with Crippen LogP contribution in [0.3, 0.4) is 0 Å². The van der Waals surface area contributed by atoms with Crippen molar-refractivity contribution in [2.24, 2.45) is 0 Å². The van der Waals surface area contributed by atoms with Crippen LogP contribution < -0.4 is 10.5 Å². The summed E-state index contributed by atoms with van der Waals surface area (Å²) in [5.41, 5.74) is 8.16. The Labute approximate surface area is 130 Å². The predicted molar refractivity (Wildman–Crippen MR) is 86.7 cm³/mol. The van der Waals surface area contributed by atoms with Gasteiger partial charge in [-0.1, -0.05) is 18.2 Å². The Morgan fingerprint density at radius 3 is 2.55 bits per heavy atom. The standard InChI is InChI=1S/C18H20N2O2/c1-22-17-9-5-13(6-10-17)12-20(16-7-8-16)18(21)14-3-2-4-15(19)11-14/h2-6,9-11,16H,7-8,12,19H2,1H3. The Balaban J connectivity index is 1.79. The molecule has 3 rings (SSSR count). The molecular weight excluding hydrogens is 276 g/mol. The van der Waals surface area contributed by atoms with Gasteiger partial charge in [0.1, 0.15) is 5.75 Å². The van der Waals surface area contributed by atoms with E-state index in [4.69, 9.17) is 10.5 Å². The third-order valence-corrected chi connectivity index (χ3v) is 3.89. The van der Waals surface area contributed by atoms with Gasteiger partial charge in [-0.15, -0.1) is 0 Å². The number of hydrogen-bond acceptors (Lipinski definition) is 3. The van der Waals surface area contributed by atoms with Crippen LogP contribution in [0.1, 0.15) is 28.8 Å². The number of anilines is 1. The number of carbonyl (C=O) groups is 1. The molecule has 1 fully saturated rings. The average molecular weight is 296 g/mol. The molecule has 0 spiro atoms. The molecule has 0 heterocycles. The minimum Gasteiger partial charge on any atom is -0.497 e. The Morgan fingerprint density at radius 1 is 1.23 bits per heavy atom. The van der Waals surface area contributed by atoms with Gasteiger partial charge in [0, 0.05) is 23.8 Å². The summed E-state index contributed by atoms with van der Waals surface area (Å²) < 4.78 is 5.17. The SMILES string of the molecule is COc1ccc(CN(C(=O)c2cccc(N)c2)C2CC2)cc1. The van der Waals surface area contributed by atoms with Gasteiger partial charge in [0.25, 0.3) is 5.91 Å². The molecule has 114 valence electrons. The number of benzene rings is 2. The van der Waals surface area contributed by atoms with E-state index in [2.05, 4.69) is 0 Å². The fraction of sp³-hybridized carbons (Fsp3) is 0.278. The van der Waals surface area contributed by atoms with Crippen molar-refractivity contribution in [2.75, 3.05) is 12.8 Å². The lowest BCUT2D eigenvalue weighted by atomic mass is 10.1. The molecule has 0 bridgehead atoms. The van der Waals surface area contributed by atoms with Crippen LogP contribution >= 0.6 is 0 Å². The normalized spacial score (nSPS) is 13.7. The van der Waals surface area contributed by atoms with Gasteiger partial charge >= 0.3 is 0 Å². The maximum Gasteiger partial charge on any atom is 0.254 e. The highest BCUT2D eigenvalue weighted by atomic mass is 16.5. The second-order valence-electron chi connectivity index (χ2n) is 5.64. The molecule has 0 radical (unpaired) electrons. The molecule has 0 saturated heterocycles.